The Morgan fingerprint density at radius 1 is 1.62 bits per heavy atom. The van der Waals surface area contributed by atoms with Crippen LogP contribution in [0.25, 0.3) is 0 Å². The topological polar surface area (TPSA) is 64.4 Å². The number of rotatable bonds is 2. The summed E-state index contributed by atoms with van der Waals surface area (Å²) in [5, 5.41) is 13.5. The Morgan fingerprint density at radius 3 is 2.88 bits per heavy atom. The largest absolute Gasteiger partial charge is 0.477 e. The molecule has 1 aromatic heterocycles. The van der Waals surface area contributed by atoms with Gasteiger partial charge in [0.1, 0.15) is 5.69 Å². The summed E-state index contributed by atoms with van der Waals surface area (Å²) in [6, 6.07) is 0. The van der Waals surface area contributed by atoms with E-state index in [0.29, 0.717) is 18.7 Å². The van der Waals surface area contributed by atoms with E-state index in [-0.39, 0.29) is 12.2 Å². The van der Waals surface area contributed by atoms with Crippen molar-refractivity contribution in [2.45, 2.75) is 45.9 Å². The van der Waals surface area contributed by atoms with Gasteiger partial charge in [-0.1, -0.05) is 0 Å². The first-order chi connectivity index (χ1) is 7.54. The van der Waals surface area contributed by atoms with Crippen LogP contribution in [0.5, 0.6) is 0 Å². The second kappa shape index (κ2) is 3.90. The average Bonchev–Trinajstić information content (AvgIpc) is 2.56. The van der Waals surface area contributed by atoms with E-state index in [2.05, 4.69) is 5.10 Å². The number of carboxylic acid groups (broad SMARTS) is 1. The Bertz CT molecular complexity index is 425. The van der Waals surface area contributed by atoms with Crippen LogP contribution < -0.4 is 0 Å². The lowest BCUT2D eigenvalue weighted by molar-refractivity contribution is -0.00717. The highest BCUT2D eigenvalue weighted by atomic mass is 16.5. The van der Waals surface area contributed by atoms with Crippen molar-refractivity contribution in [1.82, 2.24) is 9.78 Å². The van der Waals surface area contributed by atoms with E-state index in [1.54, 1.807) is 4.68 Å². The van der Waals surface area contributed by atoms with E-state index in [4.69, 9.17) is 4.74 Å². The summed E-state index contributed by atoms with van der Waals surface area (Å²) in [6.07, 6.45) is 0.557. The Balaban J connectivity index is 2.56. The molecule has 1 N–H and O–H groups in total. The molecule has 1 aliphatic rings. The van der Waals surface area contributed by atoms with Gasteiger partial charge in [-0.2, -0.15) is 5.10 Å². The normalized spacial score (nSPS) is 24.2. The first-order valence-electron chi connectivity index (χ1n) is 5.52. The number of fused-ring (bicyclic) bond motifs is 1. The van der Waals surface area contributed by atoms with Crippen molar-refractivity contribution in [3.05, 3.63) is 17.0 Å². The smallest absolute Gasteiger partial charge is 0.354 e. The molecule has 88 valence electrons. The molecule has 5 nitrogen and oxygen atoms in total. The third-order valence-electron chi connectivity index (χ3n) is 2.90. The maximum Gasteiger partial charge on any atom is 0.354 e. The molecule has 0 saturated heterocycles. The predicted octanol–water partition coefficient (Wildman–Crippen LogP) is 1.62. The van der Waals surface area contributed by atoms with E-state index in [9.17, 15) is 9.90 Å². The summed E-state index contributed by atoms with van der Waals surface area (Å²) < 4.78 is 7.18. The fourth-order valence-electron chi connectivity index (χ4n) is 2.26. The van der Waals surface area contributed by atoms with Crippen molar-refractivity contribution in [1.29, 1.82) is 0 Å². The Morgan fingerprint density at radius 2 is 2.31 bits per heavy atom. The molecule has 0 bridgehead atoms. The molecule has 0 fully saturated rings. The SMILES string of the molecule is CCn1nc2c(c1C(=O)O)C[C@@H](C)O[C@H]2C. The van der Waals surface area contributed by atoms with Crippen LogP contribution in [0.1, 0.15) is 48.6 Å². The van der Waals surface area contributed by atoms with Crippen molar-refractivity contribution in [3.8, 4) is 0 Å². The van der Waals surface area contributed by atoms with Gasteiger partial charge in [0.25, 0.3) is 0 Å². The number of hydrogen-bond donors (Lipinski definition) is 1. The Hall–Kier alpha value is -1.36. The summed E-state index contributed by atoms with van der Waals surface area (Å²) in [6.45, 7) is 6.32. The lowest BCUT2D eigenvalue weighted by Crippen LogP contribution is -2.22. The Labute approximate surface area is 94.0 Å². The first-order valence-corrected chi connectivity index (χ1v) is 5.52. The van der Waals surface area contributed by atoms with Gasteiger partial charge in [0.05, 0.1) is 17.9 Å². The lowest BCUT2D eigenvalue weighted by atomic mass is 10.00. The quantitative estimate of drug-likeness (QED) is 0.829. The highest BCUT2D eigenvalue weighted by molar-refractivity contribution is 5.88. The van der Waals surface area contributed by atoms with E-state index >= 15 is 0 Å². The zero-order chi connectivity index (χ0) is 11.9. The van der Waals surface area contributed by atoms with Crippen LogP contribution in [0.3, 0.4) is 0 Å². The van der Waals surface area contributed by atoms with Gasteiger partial charge in [0.2, 0.25) is 0 Å². The van der Waals surface area contributed by atoms with Crippen LogP contribution in [0, 0.1) is 0 Å². The molecule has 1 aromatic rings. The van der Waals surface area contributed by atoms with Gasteiger partial charge in [-0.3, -0.25) is 4.68 Å². The highest BCUT2D eigenvalue weighted by Crippen LogP contribution is 2.31. The minimum atomic E-state index is -0.906. The minimum Gasteiger partial charge on any atom is -0.477 e. The third-order valence-corrected chi connectivity index (χ3v) is 2.90. The number of aryl methyl sites for hydroxylation is 1. The van der Waals surface area contributed by atoms with Crippen molar-refractivity contribution in [3.63, 3.8) is 0 Å². The zero-order valence-electron chi connectivity index (χ0n) is 9.73. The molecule has 0 amide bonds. The fourth-order valence-corrected chi connectivity index (χ4v) is 2.26. The summed E-state index contributed by atoms with van der Waals surface area (Å²) in [5.74, 6) is -0.906. The first kappa shape index (κ1) is 11.1. The molecular formula is C11H16N2O3. The number of carbonyl (C=O) groups is 1. The molecule has 0 spiro atoms. The molecule has 2 atom stereocenters. The van der Waals surface area contributed by atoms with Crippen molar-refractivity contribution in [2.75, 3.05) is 0 Å². The maximum atomic E-state index is 11.2. The number of carboxylic acids is 1. The fraction of sp³-hybridized carbons (Fsp3) is 0.636. The summed E-state index contributed by atoms with van der Waals surface area (Å²) in [4.78, 5) is 11.2. The molecule has 2 rings (SSSR count). The number of aromatic nitrogens is 2. The summed E-state index contributed by atoms with van der Waals surface area (Å²) in [5.41, 5.74) is 1.93. The van der Waals surface area contributed by atoms with Crippen LogP contribution in [-0.4, -0.2) is 27.0 Å². The summed E-state index contributed by atoms with van der Waals surface area (Å²) in [7, 11) is 0. The van der Waals surface area contributed by atoms with E-state index in [1.165, 1.54) is 0 Å². The summed E-state index contributed by atoms with van der Waals surface area (Å²) >= 11 is 0. The number of hydrogen-bond acceptors (Lipinski definition) is 3. The second-order valence-corrected chi connectivity index (χ2v) is 4.13. The van der Waals surface area contributed by atoms with E-state index < -0.39 is 5.97 Å². The van der Waals surface area contributed by atoms with Gasteiger partial charge < -0.3 is 9.84 Å². The molecule has 2 heterocycles. The standard InChI is InChI=1S/C11H16N2O3/c1-4-13-10(11(14)15)8-5-6(2)16-7(3)9(8)12-13/h6-7H,4-5H2,1-3H3,(H,14,15)/t6-,7+/m1/s1. The van der Waals surface area contributed by atoms with E-state index in [0.717, 1.165) is 11.3 Å². The van der Waals surface area contributed by atoms with Crippen molar-refractivity contribution in [2.24, 2.45) is 0 Å². The molecule has 5 heteroatoms. The zero-order valence-corrected chi connectivity index (χ0v) is 9.73. The number of aromatic carboxylic acids is 1. The molecule has 1 aliphatic heterocycles. The van der Waals surface area contributed by atoms with Gasteiger partial charge in [0.15, 0.2) is 0 Å². The highest BCUT2D eigenvalue weighted by Gasteiger charge is 2.31. The third kappa shape index (κ3) is 1.61. The molecular weight excluding hydrogens is 208 g/mol. The van der Waals surface area contributed by atoms with Gasteiger partial charge in [-0.15, -0.1) is 0 Å². The molecule has 0 aromatic carbocycles. The number of ether oxygens (including phenoxy) is 1. The average molecular weight is 224 g/mol. The Kier molecular flexibility index (Phi) is 2.71. The second-order valence-electron chi connectivity index (χ2n) is 4.13. The molecule has 0 radical (unpaired) electrons. The lowest BCUT2D eigenvalue weighted by Gasteiger charge is -2.24. The van der Waals surface area contributed by atoms with Gasteiger partial charge in [-0.05, 0) is 20.8 Å². The minimum absolute atomic E-state index is 0.0510. The van der Waals surface area contributed by atoms with Gasteiger partial charge in [-0.25, -0.2) is 4.79 Å². The van der Waals surface area contributed by atoms with Crippen LogP contribution in [0.4, 0.5) is 0 Å². The monoisotopic (exact) mass is 224 g/mol. The number of nitrogens with zero attached hydrogens (tertiary/aromatic N) is 2. The molecule has 0 aliphatic carbocycles. The molecule has 16 heavy (non-hydrogen) atoms. The predicted molar refractivity (Wildman–Crippen MR) is 57.5 cm³/mol. The molecule has 0 saturated carbocycles. The van der Waals surface area contributed by atoms with Crippen LogP contribution in [0.15, 0.2) is 0 Å². The van der Waals surface area contributed by atoms with Crippen LogP contribution in [0.2, 0.25) is 0 Å². The maximum absolute atomic E-state index is 11.2. The van der Waals surface area contributed by atoms with Crippen LogP contribution >= 0.6 is 0 Å². The van der Waals surface area contributed by atoms with Crippen molar-refractivity contribution >= 4 is 5.97 Å². The van der Waals surface area contributed by atoms with Crippen LogP contribution in [-0.2, 0) is 17.7 Å². The van der Waals surface area contributed by atoms with Crippen molar-refractivity contribution < 1.29 is 14.6 Å². The van der Waals surface area contributed by atoms with Gasteiger partial charge >= 0.3 is 5.97 Å². The van der Waals surface area contributed by atoms with Gasteiger partial charge in [0, 0.05) is 18.5 Å². The van der Waals surface area contributed by atoms with E-state index in [1.807, 2.05) is 20.8 Å². The molecule has 0 unspecified atom stereocenters.